The molecule has 0 saturated heterocycles. The van der Waals surface area contributed by atoms with Crippen LogP contribution in [-0.4, -0.2) is 24.3 Å². The van der Waals surface area contributed by atoms with Crippen LogP contribution in [0, 0.1) is 0 Å². The first-order chi connectivity index (χ1) is 11.0. The number of halogens is 1. The smallest absolute Gasteiger partial charge is 0.374 e. The maximum absolute atomic E-state index is 12.1. The van der Waals surface area contributed by atoms with Crippen molar-refractivity contribution in [2.75, 3.05) is 11.5 Å². The van der Waals surface area contributed by atoms with Crippen molar-refractivity contribution in [3.05, 3.63) is 51.9 Å². The minimum absolute atomic E-state index is 0.0656. The summed E-state index contributed by atoms with van der Waals surface area (Å²) in [6, 6.07) is 8.13. The van der Waals surface area contributed by atoms with Crippen LogP contribution in [0.3, 0.4) is 0 Å². The third kappa shape index (κ3) is 2.79. The van der Waals surface area contributed by atoms with E-state index in [4.69, 9.17) is 9.15 Å². The average Bonchev–Trinajstić information content (AvgIpc) is 3.08. The molecule has 0 atom stereocenters. The van der Waals surface area contributed by atoms with E-state index in [1.54, 1.807) is 31.2 Å². The number of Topliss-reactive ketones (excluding diaryl/α,β-unsaturated/α-hetero) is 1. The molecule has 2 heterocycles. The van der Waals surface area contributed by atoms with Gasteiger partial charge in [0.15, 0.2) is 0 Å². The summed E-state index contributed by atoms with van der Waals surface area (Å²) in [5.74, 6) is -1.28. The molecule has 0 fully saturated rings. The number of nitrogens with zero attached hydrogens (tertiary/aromatic N) is 1. The van der Waals surface area contributed by atoms with Crippen molar-refractivity contribution >= 4 is 39.3 Å². The fraction of sp³-hybridized carbons (Fsp3) is 0.188. The van der Waals surface area contributed by atoms with Crippen LogP contribution >= 0.6 is 15.9 Å². The van der Waals surface area contributed by atoms with Gasteiger partial charge in [-0.2, -0.15) is 0 Å². The van der Waals surface area contributed by atoms with Gasteiger partial charge in [-0.1, -0.05) is 15.9 Å². The maximum atomic E-state index is 12.1. The number of ketones is 1. The van der Waals surface area contributed by atoms with Gasteiger partial charge in [-0.15, -0.1) is 0 Å². The molecule has 0 aliphatic carbocycles. The Kier molecular flexibility index (Phi) is 4.04. The lowest BCUT2D eigenvalue weighted by Gasteiger charge is -2.14. The Morgan fingerprint density at radius 3 is 2.78 bits per heavy atom. The third-order valence-electron chi connectivity index (χ3n) is 3.39. The topological polar surface area (TPSA) is 76.8 Å². The summed E-state index contributed by atoms with van der Waals surface area (Å²) in [6.07, 6.45) is 0. The highest BCUT2D eigenvalue weighted by molar-refractivity contribution is 9.10. The van der Waals surface area contributed by atoms with E-state index in [2.05, 4.69) is 15.9 Å². The Morgan fingerprint density at radius 1 is 1.26 bits per heavy atom. The highest BCUT2D eigenvalue weighted by Gasteiger charge is 2.36. The molecule has 1 aliphatic rings. The summed E-state index contributed by atoms with van der Waals surface area (Å²) in [6.45, 7) is 2.01. The van der Waals surface area contributed by atoms with Gasteiger partial charge in [0.25, 0.3) is 11.7 Å². The number of hydrogen-bond donors (Lipinski definition) is 0. The van der Waals surface area contributed by atoms with Crippen LogP contribution in [0.5, 0.6) is 0 Å². The molecular formula is C16H12BrNO5. The molecule has 118 valence electrons. The predicted octanol–water partition coefficient (Wildman–Crippen LogP) is 2.95. The second-order valence-corrected chi connectivity index (χ2v) is 5.78. The molecule has 0 spiro atoms. The van der Waals surface area contributed by atoms with Crippen molar-refractivity contribution in [1.82, 2.24) is 0 Å². The molecule has 1 aromatic carbocycles. The molecule has 2 aromatic rings. The van der Waals surface area contributed by atoms with Gasteiger partial charge in [0.2, 0.25) is 5.76 Å². The van der Waals surface area contributed by atoms with Gasteiger partial charge in [0.1, 0.15) is 5.76 Å². The quantitative estimate of drug-likeness (QED) is 0.604. The second kappa shape index (κ2) is 6.00. The summed E-state index contributed by atoms with van der Waals surface area (Å²) in [7, 11) is 0. The minimum atomic E-state index is -0.618. The summed E-state index contributed by atoms with van der Waals surface area (Å²) in [4.78, 5) is 37.1. The first-order valence-electron chi connectivity index (χ1n) is 6.93. The van der Waals surface area contributed by atoms with E-state index in [1.807, 2.05) is 0 Å². The molecule has 1 aromatic heterocycles. The van der Waals surface area contributed by atoms with Crippen LogP contribution in [0.2, 0.25) is 0 Å². The van der Waals surface area contributed by atoms with Crippen LogP contribution in [0.15, 0.2) is 39.2 Å². The van der Waals surface area contributed by atoms with Gasteiger partial charge < -0.3 is 9.15 Å². The molecule has 1 amide bonds. The monoisotopic (exact) mass is 377 g/mol. The SMILES string of the molecule is CCOC(=O)c1ccc(CN2C(=O)C(=O)c3cc(Br)ccc32)o1. The Hall–Kier alpha value is -2.41. The summed E-state index contributed by atoms with van der Waals surface area (Å²) in [5.41, 5.74) is 0.874. The number of furan rings is 1. The molecule has 6 nitrogen and oxygen atoms in total. The Bertz CT molecular complexity index is 811. The van der Waals surface area contributed by atoms with E-state index in [-0.39, 0.29) is 18.9 Å². The first kappa shape index (κ1) is 15.5. The Morgan fingerprint density at radius 2 is 2.04 bits per heavy atom. The molecule has 0 N–H and O–H groups in total. The molecule has 0 saturated carbocycles. The molecule has 0 radical (unpaired) electrons. The number of carbonyl (C=O) groups excluding carboxylic acids is 3. The number of ether oxygens (including phenoxy) is 1. The zero-order chi connectivity index (χ0) is 16.6. The lowest BCUT2D eigenvalue weighted by molar-refractivity contribution is -0.114. The number of fused-ring (bicyclic) bond motifs is 1. The number of amides is 1. The van der Waals surface area contributed by atoms with E-state index in [1.165, 1.54) is 11.0 Å². The van der Waals surface area contributed by atoms with Crippen molar-refractivity contribution in [1.29, 1.82) is 0 Å². The van der Waals surface area contributed by atoms with E-state index < -0.39 is 17.7 Å². The zero-order valence-electron chi connectivity index (χ0n) is 12.2. The Labute approximate surface area is 140 Å². The summed E-state index contributed by atoms with van der Waals surface area (Å²) < 4.78 is 11.0. The van der Waals surface area contributed by atoms with Crippen molar-refractivity contribution in [2.45, 2.75) is 13.5 Å². The van der Waals surface area contributed by atoms with Crippen LogP contribution in [-0.2, 0) is 16.1 Å². The van der Waals surface area contributed by atoms with Gasteiger partial charge in [-0.05, 0) is 37.3 Å². The second-order valence-electron chi connectivity index (χ2n) is 4.87. The normalized spacial score (nSPS) is 13.4. The number of benzene rings is 1. The fourth-order valence-electron chi connectivity index (χ4n) is 2.36. The number of esters is 1. The number of rotatable bonds is 4. The molecular weight excluding hydrogens is 366 g/mol. The summed E-state index contributed by atoms with van der Waals surface area (Å²) in [5, 5.41) is 0. The number of anilines is 1. The molecule has 0 bridgehead atoms. The van der Waals surface area contributed by atoms with Crippen LogP contribution in [0.25, 0.3) is 0 Å². The molecule has 0 unspecified atom stereocenters. The zero-order valence-corrected chi connectivity index (χ0v) is 13.8. The van der Waals surface area contributed by atoms with Crippen LogP contribution in [0.1, 0.15) is 33.6 Å². The van der Waals surface area contributed by atoms with E-state index in [0.717, 1.165) is 4.47 Å². The Balaban J connectivity index is 1.85. The van der Waals surface area contributed by atoms with Gasteiger partial charge in [0.05, 0.1) is 24.4 Å². The fourth-order valence-corrected chi connectivity index (χ4v) is 2.72. The maximum Gasteiger partial charge on any atom is 0.374 e. The van der Waals surface area contributed by atoms with E-state index in [9.17, 15) is 14.4 Å². The van der Waals surface area contributed by atoms with Gasteiger partial charge >= 0.3 is 5.97 Å². The first-order valence-corrected chi connectivity index (χ1v) is 7.72. The van der Waals surface area contributed by atoms with Crippen molar-refractivity contribution in [3.63, 3.8) is 0 Å². The van der Waals surface area contributed by atoms with Crippen molar-refractivity contribution < 1.29 is 23.5 Å². The van der Waals surface area contributed by atoms with Crippen molar-refractivity contribution in [2.24, 2.45) is 0 Å². The van der Waals surface area contributed by atoms with E-state index in [0.29, 0.717) is 17.0 Å². The average molecular weight is 378 g/mol. The lowest BCUT2D eigenvalue weighted by atomic mass is 10.1. The molecule has 7 heteroatoms. The minimum Gasteiger partial charge on any atom is -0.460 e. The van der Waals surface area contributed by atoms with E-state index >= 15 is 0 Å². The molecule has 3 rings (SSSR count). The lowest BCUT2D eigenvalue weighted by Crippen LogP contribution is -2.28. The van der Waals surface area contributed by atoms with Gasteiger partial charge in [-0.3, -0.25) is 14.5 Å². The third-order valence-corrected chi connectivity index (χ3v) is 3.88. The van der Waals surface area contributed by atoms with Gasteiger partial charge in [0, 0.05) is 4.47 Å². The van der Waals surface area contributed by atoms with Crippen LogP contribution < -0.4 is 4.90 Å². The molecule has 23 heavy (non-hydrogen) atoms. The highest BCUT2D eigenvalue weighted by atomic mass is 79.9. The number of hydrogen-bond acceptors (Lipinski definition) is 5. The number of carbonyl (C=O) groups is 3. The predicted molar refractivity (Wildman–Crippen MR) is 84.3 cm³/mol. The summed E-state index contributed by atoms with van der Waals surface area (Å²) >= 11 is 3.28. The highest BCUT2D eigenvalue weighted by Crippen LogP contribution is 2.32. The largest absolute Gasteiger partial charge is 0.460 e. The van der Waals surface area contributed by atoms with Gasteiger partial charge in [-0.25, -0.2) is 4.79 Å². The standard InChI is InChI=1S/C16H12BrNO5/c1-2-22-16(21)13-6-4-10(23-13)8-18-12-5-3-9(17)7-11(12)14(19)15(18)20/h3-7H,2,8H2,1H3. The molecule has 1 aliphatic heterocycles. The van der Waals surface area contributed by atoms with Crippen molar-refractivity contribution in [3.8, 4) is 0 Å². The van der Waals surface area contributed by atoms with Crippen LogP contribution in [0.4, 0.5) is 5.69 Å².